The van der Waals surface area contributed by atoms with Gasteiger partial charge in [-0.2, -0.15) is 0 Å². The maximum atomic E-state index is 12.6. The lowest BCUT2D eigenvalue weighted by molar-refractivity contribution is -0.129. The molecule has 1 aliphatic heterocycles. The fourth-order valence-electron chi connectivity index (χ4n) is 3.27. The fourth-order valence-corrected chi connectivity index (χ4v) is 3.27. The highest BCUT2D eigenvalue weighted by atomic mass is 16.5. The van der Waals surface area contributed by atoms with Crippen molar-refractivity contribution in [1.29, 1.82) is 0 Å². The summed E-state index contributed by atoms with van der Waals surface area (Å²) in [7, 11) is 1.64. The minimum atomic E-state index is -0.125. The molecule has 1 N–H and O–H groups in total. The van der Waals surface area contributed by atoms with Crippen LogP contribution in [0.25, 0.3) is 0 Å². The van der Waals surface area contributed by atoms with Crippen molar-refractivity contribution >= 4 is 11.8 Å². The number of para-hydroxylation sites is 1. The Balaban J connectivity index is 1.66. The highest BCUT2D eigenvalue weighted by Crippen LogP contribution is 2.22. The number of amides is 2. The van der Waals surface area contributed by atoms with Gasteiger partial charge in [-0.25, -0.2) is 0 Å². The van der Waals surface area contributed by atoms with E-state index in [1.165, 1.54) is 0 Å². The van der Waals surface area contributed by atoms with Crippen LogP contribution in [0.3, 0.4) is 0 Å². The predicted molar refractivity (Wildman–Crippen MR) is 98.1 cm³/mol. The van der Waals surface area contributed by atoms with E-state index in [0.717, 1.165) is 22.4 Å². The van der Waals surface area contributed by atoms with Crippen molar-refractivity contribution in [1.82, 2.24) is 15.2 Å². The van der Waals surface area contributed by atoms with Crippen LogP contribution in [-0.2, 0) is 24.2 Å². The van der Waals surface area contributed by atoms with Gasteiger partial charge in [-0.1, -0.05) is 18.2 Å². The highest BCUT2D eigenvalue weighted by molar-refractivity contribution is 5.95. The smallest absolute Gasteiger partial charge is 0.253 e. The third kappa shape index (κ3) is 3.85. The predicted octanol–water partition coefficient (Wildman–Crippen LogP) is 1.97. The van der Waals surface area contributed by atoms with Gasteiger partial charge in [-0.05, 0) is 35.6 Å². The zero-order chi connectivity index (χ0) is 18.5. The van der Waals surface area contributed by atoms with E-state index in [-0.39, 0.29) is 11.8 Å². The average molecular weight is 353 g/mol. The van der Waals surface area contributed by atoms with E-state index in [1.54, 1.807) is 31.3 Å². The number of benzene rings is 1. The molecular weight excluding hydrogens is 330 g/mol. The van der Waals surface area contributed by atoms with Crippen molar-refractivity contribution in [2.24, 2.45) is 0 Å². The molecule has 0 unspecified atom stereocenters. The van der Waals surface area contributed by atoms with Crippen LogP contribution in [0.5, 0.6) is 5.75 Å². The standard InChI is InChI=1S/C20H23N3O3/c1-14(24)23-10-8-17-16(13-23)11-21-12-18(17)20(25)22-9-7-15-5-3-4-6-19(15)26-2/h3-6,11-12H,7-10,13H2,1-2H3,(H,22,25). The summed E-state index contributed by atoms with van der Waals surface area (Å²) in [6.45, 7) is 3.23. The van der Waals surface area contributed by atoms with Crippen molar-refractivity contribution in [3.63, 3.8) is 0 Å². The van der Waals surface area contributed by atoms with Crippen molar-refractivity contribution in [2.75, 3.05) is 20.2 Å². The lowest BCUT2D eigenvalue weighted by atomic mass is 9.96. The zero-order valence-corrected chi connectivity index (χ0v) is 15.1. The highest BCUT2D eigenvalue weighted by Gasteiger charge is 2.23. The summed E-state index contributed by atoms with van der Waals surface area (Å²) < 4.78 is 5.34. The summed E-state index contributed by atoms with van der Waals surface area (Å²) in [6, 6.07) is 7.79. The van der Waals surface area contributed by atoms with Crippen LogP contribution in [0.4, 0.5) is 0 Å². The number of carbonyl (C=O) groups is 2. The van der Waals surface area contributed by atoms with Gasteiger partial charge >= 0.3 is 0 Å². The van der Waals surface area contributed by atoms with E-state index in [2.05, 4.69) is 10.3 Å². The topological polar surface area (TPSA) is 71.5 Å². The minimum Gasteiger partial charge on any atom is -0.496 e. The molecule has 3 rings (SSSR count). The number of pyridine rings is 1. The molecule has 0 radical (unpaired) electrons. The van der Waals surface area contributed by atoms with E-state index < -0.39 is 0 Å². The van der Waals surface area contributed by atoms with E-state index in [4.69, 9.17) is 4.74 Å². The Kier molecular flexibility index (Phi) is 5.51. The molecule has 0 saturated heterocycles. The number of nitrogens with zero attached hydrogens (tertiary/aromatic N) is 2. The van der Waals surface area contributed by atoms with Crippen LogP contribution in [-0.4, -0.2) is 41.9 Å². The first-order valence-electron chi connectivity index (χ1n) is 8.71. The summed E-state index contributed by atoms with van der Waals surface area (Å²) in [5.74, 6) is 0.743. The normalized spacial score (nSPS) is 13.1. The fraction of sp³-hybridized carbons (Fsp3) is 0.350. The molecule has 2 heterocycles. The van der Waals surface area contributed by atoms with Crippen LogP contribution >= 0.6 is 0 Å². The minimum absolute atomic E-state index is 0.0438. The van der Waals surface area contributed by atoms with Gasteiger partial charge in [0.25, 0.3) is 5.91 Å². The number of nitrogens with one attached hydrogen (secondary N) is 1. The molecule has 0 atom stereocenters. The van der Waals surface area contributed by atoms with Crippen LogP contribution in [0.2, 0.25) is 0 Å². The van der Waals surface area contributed by atoms with Gasteiger partial charge in [0.2, 0.25) is 5.91 Å². The molecule has 6 heteroatoms. The van der Waals surface area contributed by atoms with E-state index in [0.29, 0.717) is 38.0 Å². The van der Waals surface area contributed by atoms with Crippen molar-refractivity contribution in [2.45, 2.75) is 26.3 Å². The summed E-state index contributed by atoms with van der Waals surface area (Å²) in [5, 5.41) is 2.97. The van der Waals surface area contributed by atoms with Gasteiger partial charge in [-0.15, -0.1) is 0 Å². The van der Waals surface area contributed by atoms with Gasteiger partial charge < -0.3 is 15.0 Å². The Morgan fingerprint density at radius 2 is 2.08 bits per heavy atom. The van der Waals surface area contributed by atoms with Crippen LogP contribution < -0.4 is 10.1 Å². The SMILES string of the molecule is COc1ccccc1CCNC(=O)c1cncc2c1CCN(C(C)=O)C2. The molecule has 0 fully saturated rings. The number of hydrogen-bond donors (Lipinski definition) is 1. The number of hydrogen-bond acceptors (Lipinski definition) is 4. The Labute approximate surface area is 153 Å². The molecule has 2 amide bonds. The molecule has 0 bridgehead atoms. The lowest BCUT2D eigenvalue weighted by Crippen LogP contribution is -2.36. The number of rotatable bonds is 5. The second-order valence-corrected chi connectivity index (χ2v) is 6.33. The third-order valence-electron chi connectivity index (χ3n) is 4.70. The molecule has 1 aromatic carbocycles. The number of ether oxygens (including phenoxy) is 1. The first kappa shape index (κ1) is 17.9. The summed E-state index contributed by atoms with van der Waals surface area (Å²) >= 11 is 0. The Hall–Kier alpha value is -2.89. The van der Waals surface area contributed by atoms with Crippen molar-refractivity contribution in [3.05, 3.63) is 58.9 Å². The Bertz CT molecular complexity index is 820. The molecule has 6 nitrogen and oxygen atoms in total. The number of methoxy groups -OCH3 is 1. The molecule has 136 valence electrons. The second-order valence-electron chi connectivity index (χ2n) is 6.33. The maximum Gasteiger partial charge on any atom is 0.253 e. The Morgan fingerprint density at radius 1 is 1.27 bits per heavy atom. The van der Waals surface area contributed by atoms with E-state index in [9.17, 15) is 9.59 Å². The van der Waals surface area contributed by atoms with Crippen LogP contribution in [0.15, 0.2) is 36.7 Å². The number of carbonyl (C=O) groups excluding carboxylic acids is 2. The molecule has 0 aliphatic carbocycles. The number of fused-ring (bicyclic) bond motifs is 1. The van der Waals surface area contributed by atoms with Gasteiger partial charge in [0.15, 0.2) is 0 Å². The third-order valence-corrected chi connectivity index (χ3v) is 4.70. The summed E-state index contributed by atoms with van der Waals surface area (Å²) in [6.07, 6.45) is 4.72. The molecule has 0 spiro atoms. The Morgan fingerprint density at radius 3 is 2.85 bits per heavy atom. The molecular formula is C20H23N3O3. The molecule has 1 aromatic heterocycles. The summed E-state index contributed by atoms with van der Waals surface area (Å²) in [4.78, 5) is 30.1. The van der Waals surface area contributed by atoms with Crippen LogP contribution in [0, 0.1) is 0 Å². The number of aromatic nitrogens is 1. The molecule has 1 aliphatic rings. The largest absolute Gasteiger partial charge is 0.496 e. The monoisotopic (exact) mass is 353 g/mol. The molecule has 2 aromatic rings. The molecule has 26 heavy (non-hydrogen) atoms. The second kappa shape index (κ2) is 7.99. The first-order valence-corrected chi connectivity index (χ1v) is 8.71. The first-order chi connectivity index (χ1) is 12.6. The lowest BCUT2D eigenvalue weighted by Gasteiger charge is -2.28. The van der Waals surface area contributed by atoms with Crippen molar-refractivity contribution < 1.29 is 14.3 Å². The van der Waals surface area contributed by atoms with Crippen molar-refractivity contribution in [3.8, 4) is 5.75 Å². The zero-order valence-electron chi connectivity index (χ0n) is 15.1. The van der Waals surface area contributed by atoms with Crippen LogP contribution in [0.1, 0.15) is 34.0 Å². The van der Waals surface area contributed by atoms with E-state index in [1.807, 2.05) is 24.3 Å². The van der Waals surface area contributed by atoms with Gasteiger partial charge in [0.05, 0.1) is 12.7 Å². The molecule has 0 saturated carbocycles. The average Bonchev–Trinajstić information content (AvgIpc) is 2.67. The van der Waals surface area contributed by atoms with E-state index >= 15 is 0 Å². The van der Waals surface area contributed by atoms with Gasteiger partial charge in [0.1, 0.15) is 5.75 Å². The quantitative estimate of drug-likeness (QED) is 0.892. The van der Waals surface area contributed by atoms with Gasteiger partial charge in [-0.3, -0.25) is 14.6 Å². The van der Waals surface area contributed by atoms with Gasteiger partial charge in [0, 0.05) is 39.0 Å². The maximum absolute atomic E-state index is 12.6. The summed E-state index contributed by atoms with van der Waals surface area (Å²) in [5.41, 5.74) is 3.60.